The predicted octanol–water partition coefficient (Wildman–Crippen LogP) is 2.78. The van der Waals surface area contributed by atoms with Crippen molar-refractivity contribution in [2.75, 3.05) is 28.4 Å². The van der Waals surface area contributed by atoms with E-state index < -0.39 is 0 Å². The molecule has 0 radical (unpaired) electrons. The number of carbonyl (C=O) groups is 1. The Hall–Kier alpha value is -4.12. The zero-order valence-corrected chi connectivity index (χ0v) is 19.8. The van der Waals surface area contributed by atoms with Crippen molar-refractivity contribution in [3.63, 3.8) is 0 Å². The van der Waals surface area contributed by atoms with Crippen LogP contribution in [0, 0.1) is 0 Å². The van der Waals surface area contributed by atoms with Crippen LogP contribution in [0.15, 0.2) is 47.3 Å². The summed E-state index contributed by atoms with van der Waals surface area (Å²) in [5.74, 6) is 1.45. The molecular formula is C23H22N4O6S. The number of rotatable bonds is 8. The summed E-state index contributed by atoms with van der Waals surface area (Å²) in [6.45, 7) is 0.0526. The highest BCUT2D eigenvalue weighted by molar-refractivity contribution is 7.19. The first-order valence-electron chi connectivity index (χ1n) is 10.1. The molecule has 0 atom stereocenters. The van der Waals surface area contributed by atoms with E-state index in [9.17, 15) is 9.59 Å². The molecule has 34 heavy (non-hydrogen) atoms. The van der Waals surface area contributed by atoms with Crippen LogP contribution in [0.4, 0.5) is 0 Å². The van der Waals surface area contributed by atoms with Gasteiger partial charge in [0.05, 0.1) is 40.7 Å². The lowest BCUT2D eigenvalue weighted by Gasteiger charge is -2.14. The zero-order chi connectivity index (χ0) is 24.2. The topological polar surface area (TPSA) is 113 Å². The molecule has 2 heterocycles. The van der Waals surface area contributed by atoms with Crippen LogP contribution in [-0.4, -0.2) is 48.9 Å². The molecule has 2 aromatic carbocycles. The number of hydrogen-bond donors (Lipinski definition) is 1. The molecular weight excluding hydrogens is 460 g/mol. The molecule has 11 heteroatoms. The van der Waals surface area contributed by atoms with E-state index in [0.29, 0.717) is 38.5 Å². The molecule has 0 fully saturated rings. The third kappa shape index (κ3) is 4.50. The van der Waals surface area contributed by atoms with Gasteiger partial charge in [-0.05, 0) is 36.4 Å². The second kappa shape index (κ2) is 9.79. The maximum absolute atomic E-state index is 12.7. The molecule has 1 N–H and O–H groups in total. The molecule has 10 nitrogen and oxygen atoms in total. The van der Waals surface area contributed by atoms with Gasteiger partial charge in [0, 0.05) is 17.2 Å². The average molecular weight is 483 g/mol. The van der Waals surface area contributed by atoms with Gasteiger partial charge >= 0.3 is 0 Å². The normalized spacial score (nSPS) is 10.7. The molecule has 0 aliphatic carbocycles. The number of amides is 1. The summed E-state index contributed by atoms with van der Waals surface area (Å²) in [6.07, 6.45) is 0. The van der Waals surface area contributed by atoms with E-state index in [2.05, 4.69) is 15.4 Å². The van der Waals surface area contributed by atoms with Gasteiger partial charge in [-0.1, -0.05) is 11.3 Å². The highest BCUT2D eigenvalue weighted by Crippen LogP contribution is 2.38. The second-order valence-electron chi connectivity index (χ2n) is 7.01. The minimum atomic E-state index is -0.385. The molecule has 2 aromatic heterocycles. The second-order valence-corrected chi connectivity index (χ2v) is 7.97. The third-order valence-electron chi connectivity index (χ3n) is 4.99. The van der Waals surface area contributed by atoms with Crippen LogP contribution in [0.1, 0.15) is 16.1 Å². The number of methoxy groups -OCH3 is 4. The zero-order valence-electron chi connectivity index (χ0n) is 18.9. The molecule has 0 saturated carbocycles. The van der Waals surface area contributed by atoms with Gasteiger partial charge in [0.15, 0.2) is 11.5 Å². The fraction of sp³-hybridized carbons (Fsp3) is 0.217. The Morgan fingerprint density at radius 3 is 2.24 bits per heavy atom. The van der Waals surface area contributed by atoms with E-state index in [1.807, 2.05) is 24.3 Å². The van der Waals surface area contributed by atoms with E-state index in [0.717, 1.165) is 11.3 Å². The van der Waals surface area contributed by atoms with Gasteiger partial charge in [-0.15, -0.1) is 0 Å². The SMILES string of the molecule is COc1ccc(-c2nn3c(=O)cc(CNC(=O)c4cc(OC)c(OC)c(OC)c4)nc3s2)cc1. The van der Waals surface area contributed by atoms with E-state index in [-0.39, 0.29) is 18.0 Å². The molecule has 0 aliphatic heterocycles. The minimum absolute atomic E-state index is 0.0526. The summed E-state index contributed by atoms with van der Waals surface area (Å²) in [5, 5.41) is 7.78. The molecule has 4 rings (SSSR count). The largest absolute Gasteiger partial charge is 0.497 e. The van der Waals surface area contributed by atoms with Gasteiger partial charge in [0.1, 0.15) is 10.8 Å². The first kappa shape index (κ1) is 23.1. The Bertz CT molecular complexity index is 1370. The van der Waals surface area contributed by atoms with Crippen LogP contribution in [0.3, 0.4) is 0 Å². The molecule has 0 aliphatic rings. The van der Waals surface area contributed by atoms with Crippen LogP contribution in [0.5, 0.6) is 23.0 Å². The quantitative estimate of drug-likeness (QED) is 0.408. The van der Waals surface area contributed by atoms with Gasteiger partial charge in [0.2, 0.25) is 10.7 Å². The van der Waals surface area contributed by atoms with Crippen molar-refractivity contribution in [1.29, 1.82) is 0 Å². The Balaban J connectivity index is 1.55. The Morgan fingerprint density at radius 1 is 0.971 bits per heavy atom. The summed E-state index contributed by atoms with van der Waals surface area (Å²) < 4.78 is 22.3. The van der Waals surface area contributed by atoms with Crippen molar-refractivity contribution in [2.45, 2.75) is 6.54 Å². The van der Waals surface area contributed by atoms with Crippen molar-refractivity contribution in [3.05, 3.63) is 64.1 Å². The van der Waals surface area contributed by atoms with Gasteiger partial charge in [0.25, 0.3) is 11.5 Å². The van der Waals surface area contributed by atoms with E-state index in [1.165, 1.54) is 43.2 Å². The van der Waals surface area contributed by atoms with Gasteiger partial charge < -0.3 is 24.3 Å². The third-order valence-corrected chi connectivity index (χ3v) is 5.95. The summed E-state index contributed by atoms with van der Waals surface area (Å²) in [4.78, 5) is 30.2. The van der Waals surface area contributed by atoms with Crippen molar-refractivity contribution in [1.82, 2.24) is 19.9 Å². The number of carbonyl (C=O) groups excluding carboxylic acids is 1. The summed E-state index contributed by atoms with van der Waals surface area (Å²) in [6, 6.07) is 11.8. The predicted molar refractivity (Wildman–Crippen MR) is 126 cm³/mol. The standard InChI is InChI=1S/C23H22N4O6S/c1-30-16-7-5-13(6-8-16)22-26-27-19(28)11-15(25-23(27)34-22)12-24-21(29)14-9-17(31-2)20(33-4)18(10-14)32-3/h5-11H,12H2,1-4H3,(H,24,29). The first-order valence-corrected chi connectivity index (χ1v) is 10.9. The highest BCUT2D eigenvalue weighted by Gasteiger charge is 2.17. The van der Waals surface area contributed by atoms with Crippen LogP contribution < -0.4 is 29.8 Å². The molecule has 0 saturated heterocycles. The maximum atomic E-state index is 12.7. The number of aromatic nitrogens is 3. The van der Waals surface area contributed by atoms with Crippen LogP contribution in [0.25, 0.3) is 15.5 Å². The number of benzene rings is 2. The minimum Gasteiger partial charge on any atom is -0.497 e. The van der Waals surface area contributed by atoms with Gasteiger partial charge in [-0.2, -0.15) is 9.61 Å². The van der Waals surface area contributed by atoms with E-state index >= 15 is 0 Å². The van der Waals surface area contributed by atoms with Gasteiger partial charge in [-0.25, -0.2) is 4.98 Å². The number of nitrogens with zero attached hydrogens (tertiary/aromatic N) is 3. The number of ether oxygens (including phenoxy) is 4. The smallest absolute Gasteiger partial charge is 0.275 e. The lowest BCUT2D eigenvalue weighted by atomic mass is 10.1. The number of hydrogen-bond acceptors (Lipinski definition) is 9. The highest BCUT2D eigenvalue weighted by atomic mass is 32.1. The van der Waals surface area contributed by atoms with Crippen molar-refractivity contribution in [3.8, 4) is 33.6 Å². The fourth-order valence-corrected chi connectivity index (χ4v) is 4.21. The van der Waals surface area contributed by atoms with Crippen molar-refractivity contribution >= 4 is 22.2 Å². The van der Waals surface area contributed by atoms with Crippen molar-refractivity contribution in [2.24, 2.45) is 0 Å². The fourth-order valence-electron chi connectivity index (χ4n) is 3.28. The lowest BCUT2D eigenvalue weighted by Crippen LogP contribution is -2.25. The molecule has 0 spiro atoms. The van der Waals surface area contributed by atoms with Crippen LogP contribution in [-0.2, 0) is 6.54 Å². The Morgan fingerprint density at radius 2 is 1.65 bits per heavy atom. The number of nitrogens with one attached hydrogen (secondary N) is 1. The molecule has 1 amide bonds. The van der Waals surface area contributed by atoms with E-state index in [4.69, 9.17) is 18.9 Å². The molecule has 0 unspecified atom stereocenters. The summed E-state index contributed by atoms with van der Waals surface area (Å²) >= 11 is 1.28. The van der Waals surface area contributed by atoms with Gasteiger partial charge in [-0.3, -0.25) is 9.59 Å². The van der Waals surface area contributed by atoms with Crippen LogP contribution >= 0.6 is 11.3 Å². The Kier molecular flexibility index (Phi) is 6.64. The number of fused-ring (bicyclic) bond motifs is 1. The molecule has 4 aromatic rings. The van der Waals surface area contributed by atoms with E-state index in [1.54, 1.807) is 19.2 Å². The average Bonchev–Trinajstić information content (AvgIpc) is 3.31. The first-order chi connectivity index (χ1) is 16.5. The molecule has 176 valence electrons. The maximum Gasteiger partial charge on any atom is 0.275 e. The monoisotopic (exact) mass is 482 g/mol. The van der Waals surface area contributed by atoms with Crippen molar-refractivity contribution < 1.29 is 23.7 Å². The van der Waals surface area contributed by atoms with Crippen LogP contribution in [0.2, 0.25) is 0 Å². The Labute approximate surface area is 198 Å². The molecule has 0 bridgehead atoms. The summed E-state index contributed by atoms with van der Waals surface area (Å²) in [7, 11) is 6.03. The summed E-state index contributed by atoms with van der Waals surface area (Å²) in [5.41, 5.74) is 1.23. The lowest BCUT2D eigenvalue weighted by molar-refractivity contribution is 0.0949.